The highest BCUT2D eigenvalue weighted by Crippen LogP contribution is 2.11. The highest BCUT2D eigenvalue weighted by molar-refractivity contribution is 5.48. The number of hydrogen-bond acceptors (Lipinski definition) is 0. The van der Waals surface area contributed by atoms with Crippen LogP contribution in [0.5, 0.6) is 0 Å². The van der Waals surface area contributed by atoms with Crippen molar-refractivity contribution in [3.05, 3.63) is 106 Å². The van der Waals surface area contributed by atoms with Crippen molar-refractivity contribution in [2.24, 2.45) is 0 Å². The molecule has 31 heavy (non-hydrogen) atoms. The predicted octanol–water partition coefficient (Wildman–Crippen LogP) is 7.45. The average molecular weight is 409 g/mol. The molecule has 3 rings (SSSR count). The summed E-state index contributed by atoms with van der Waals surface area (Å²) in [5, 5.41) is 0. The van der Waals surface area contributed by atoms with Crippen molar-refractivity contribution >= 4 is 0 Å². The van der Waals surface area contributed by atoms with E-state index in [-0.39, 0.29) is 5.82 Å². The Labute approximate surface area is 186 Å². The molecular formula is C30H29F. The van der Waals surface area contributed by atoms with Crippen LogP contribution < -0.4 is 0 Å². The zero-order valence-corrected chi connectivity index (χ0v) is 18.5. The number of hydrogen-bond donors (Lipinski definition) is 0. The van der Waals surface area contributed by atoms with Crippen LogP contribution in [0.1, 0.15) is 72.4 Å². The third kappa shape index (κ3) is 7.47. The lowest BCUT2D eigenvalue weighted by Gasteiger charge is -2.01. The first-order chi connectivity index (χ1) is 15.1. The van der Waals surface area contributed by atoms with E-state index in [9.17, 15) is 4.39 Å². The van der Waals surface area contributed by atoms with Gasteiger partial charge in [-0.3, -0.25) is 0 Å². The highest BCUT2D eigenvalue weighted by atomic mass is 19.1. The van der Waals surface area contributed by atoms with Crippen molar-refractivity contribution in [3.8, 4) is 23.7 Å². The van der Waals surface area contributed by atoms with Crippen molar-refractivity contribution in [2.45, 2.75) is 52.4 Å². The van der Waals surface area contributed by atoms with E-state index in [2.05, 4.69) is 54.9 Å². The Morgan fingerprint density at radius 2 is 1.19 bits per heavy atom. The van der Waals surface area contributed by atoms with Gasteiger partial charge in [0.1, 0.15) is 5.82 Å². The van der Waals surface area contributed by atoms with Crippen molar-refractivity contribution in [3.63, 3.8) is 0 Å². The molecule has 1 heteroatoms. The second kappa shape index (κ2) is 11.8. The summed E-state index contributed by atoms with van der Waals surface area (Å²) in [5.41, 5.74) is 5.49. The molecule has 0 fully saturated rings. The van der Waals surface area contributed by atoms with E-state index < -0.39 is 0 Å². The van der Waals surface area contributed by atoms with Crippen LogP contribution in [0.15, 0.2) is 66.7 Å². The van der Waals surface area contributed by atoms with Crippen LogP contribution in [0.4, 0.5) is 4.39 Å². The summed E-state index contributed by atoms with van der Waals surface area (Å²) in [6.45, 7) is 4.11. The quantitative estimate of drug-likeness (QED) is 0.293. The lowest BCUT2D eigenvalue weighted by Crippen LogP contribution is -1.86. The number of rotatable bonds is 6. The first-order valence-corrected chi connectivity index (χ1v) is 11.1. The molecule has 0 N–H and O–H groups in total. The third-order valence-electron chi connectivity index (χ3n) is 5.23. The molecule has 3 aromatic carbocycles. The van der Waals surface area contributed by atoms with Crippen LogP contribution in [0.25, 0.3) is 0 Å². The minimum Gasteiger partial charge on any atom is -0.206 e. The fraction of sp³-hybridized carbons (Fsp3) is 0.267. The maximum atomic E-state index is 13.9. The Kier molecular flexibility index (Phi) is 8.51. The molecule has 0 saturated carbocycles. The van der Waals surface area contributed by atoms with Crippen LogP contribution >= 0.6 is 0 Å². The van der Waals surface area contributed by atoms with Crippen molar-refractivity contribution in [1.29, 1.82) is 0 Å². The molecule has 0 atom stereocenters. The van der Waals surface area contributed by atoms with Crippen LogP contribution in [0, 0.1) is 36.4 Å². The summed E-state index contributed by atoms with van der Waals surface area (Å²) < 4.78 is 13.9. The fourth-order valence-electron chi connectivity index (χ4n) is 3.33. The van der Waals surface area contributed by atoms with Crippen LogP contribution in [0.2, 0.25) is 0 Å². The highest BCUT2D eigenvalue weighted by Gasteiger charge is 1.98. The van der Waals surface area contributed by atoms with E-state index in [1.165, 1.54) is 43.7 Å². The van der Waals surface area contributed by atoms with Gasteiger partial charge in [-0.25, -0.2) is 4.39 Å². The van der Waals surface area contributed by atoms with Gasteiger partial charge in [-0.2, -0.15) is 0 Å². The van der Waals surface area contributed by atoms with Gasteiger partial charge in [0, 0.05) is 16.7 Å². The second-order valence-electron chi connectivity index (χ2n) is 7.92. The summed E-state index contributed by atoms with van der Waals surface area (Å²) in [7, 11) is 0. The number of halogens is 1. The number of unbranched alkanes of at least 4 members (excludes halogenated alkanes) is 4. The molecule has 0 radical (unpaired) electrons. The predicted molar refractivity (Wildman–Crippen MR) is 128 cm³/mol. The molecule has 0 heterocycles. The van der Waals surface area contributed by atoms with E-state index in [4.69, 9.17) is 0 Å². The first-order valence-electron chi connectivity index (χ1n) is 11.1. The van der Waals surface area contributed by atoms with Gasteiger partial charge in [0.2, 0.25) is 0 Å². The SMILES string of the molecule is CCCCCCCc1ccc(C#Cc2ccc(C#Cc3ccc(C)cc3F)cc2)cc1. The maximum Gasteiger partial charge on any atom is 0.139 e. The van der Waals surface area contributed by atoms with Crippen LogP contribution in [-0.2, 0) is 6.42 Å². The van der Waals surface area contributed by atoms with E-state index in [0.717, 1.165) is 28.7 Å². The number of aryl methyl sites for hydroxylation is 2. The Balaban J connectivity index is 1.56. The Hall–Kier alpha value is -3.29. The van der Waals surface area contributed by atoms with E-state index >= 15 is 0 Å². The van der Waals surface area contributed by atoms with E-state index in [1.807, 2.05) is 37.3 Å². The molecule has 0 aliphatic rings. The molecule has 0 saturated heterocycles. The van der Waals surface area contributed by atoms with Crippen molar-refractivity contribution in [2.75, 3.05) is 0 Å². The second-order valence-corrected chi connectivity index (χ2v) is 7.92. The number of benzene rings is 3. The summed E-state index contributed by atoms with van der Waals surface area (Å²) in [4.78, 5) is 0. The minimum absolute atomic E-state index is 0.280. The topological polar surface area (TPSA) is 0 Å². The van der Waals surface area contributed by atoms with Gasteiger partial charge in [0.05, 0.1) is 5.56 Å². The van der Waals surface area contributed by atoms with Crippen LogP contribution in [-0.4, -0.2) is 0 Å². The Morgan fingerprint density at radius 1 is 0.645 bits per heavy atom. The molecule has 0 nitrogen and oxygen atoms in total. The molecule has 0 amide bonds. The zero-order valence-electron chi connectivity index (χ0n) is 18.5. The van der Waals surface area contributed by atoms with Crippen LogP contribution in [0.3, 0.4) is 0 Å². The molecule has 0 bridgehead atoms. The van der Waals surface area contributed by atoms with Gasteiger partial charge in [0.25, 0.3) is 0 Å². The normalized spacial score (nSPS) is 10.0. The molecule has 156 valence electrons. The lowest BCUT2D eigenvalue weighted by molar-refractivity contribution is 0.623. The molecular weight excluding hydrogens is 379 g/mol. The van der Waals surface area contributed by atoms with Gasteiger partial charge in [0.15, 0.2) is 0 Å². The fourth-order valence-corrected chi connectivity index (χ4v) is 3.33. The summed E-state index contributed by atoms with van der Waals surface area (Å²) >= 11 is 0. The van der Waals surface area contributed by atoms with Crippen molar-refractivity contribution in [1.82, 2.24) is 0 Å². The van der Waals surface area contributed by atoms with Gasteiger partial charge in [-0.05, 0) is 79.4 Å². The standard InChI is InChI=1S/C30H29F/c1-3-4-5-6-7-8-25-10-12-26(13-11-25)14-15-27-16-18-28(19-17-27)20-22-29-21-9-24(2)23-30(29)31/h9-13,16-19,21,23H,3-8H2,1-2H3. The molecule has 0 spiro atoms. The van der Waals surface area contributed by atoms with Gasteiger partial charge in [-0.1, -0.05) is 74.5 Å². The molecule has 0 unspecified atom stereocenters. The molecule has 0 aliphatic heterocycles. The summed E-state index contributed by atoms with van der Waals surface area (Å²) in [6.07, 6.45) is 7.69. The van der Waals surface area contributed by atoms with Crippen molar-refractivity contribution < 1.29 is 4.39 Å². The van der Waals surface area contributed by atoms with Gasteiger partial charge < -0.3 is 0 Å². The van der Waals surface area contributed by atoms with Gasteiger partial charge in [-0.15, -0.1) is 0 Å². The van der Waals surface area contributed by atoms with E-state index in [0.29, 0.717) is 5.56 Å². The third-order valence-corrected chi connectivity index (χ3v) is 5.23. The summed E-state index contributed by atoms with van der Waals surface area (Å²) in [5.74, 6) is 12.1. The largest absolute Gasteiger partial charge is 0.206 e. The summed E-state index contributed by atoms with van der Waals surface area (Å²) in [6, 6.07) is 21.4. The minimum atomic E-state index is -0.280. The Morgan fingerprint density at radius 3 is 1.77 bits per heavy atom. The average Bonchev–Trinajstić information content (AvgIpc) is 2.78. The molecule has 3 aromatic rings. The first kappa shape index (κ1) is 22.4. The molecule has 0 aliphatic carbocycles. The molecule has 0 aromatic heterocycles. The monoisotopic (exact) mass is 408 g/mol. The smallest absolute Gasteiger partial charge is 0.139 e. The lowest BCUT2D eigenvalue weighted by atomic mass is 10.0. The maximum absolute atomic E-state index is 13.9. The van der Waals surface area contributed by atoms with E-state index in [1.54, 1.807) is 6.07 Å². The van der Waals surface area contributed by atoms with Gasteiger partial charge >= 0.3 is 0 Å². The zero-order chi connectivity index (χ0) is 21.9. The Bertz CT molecular complexity index is 1100.